The molecule has 1 aliphatic heterocycles. The second-order valence-corrected chi connectivity index (χ2v) is 10.3. The molecule has 5 rings (SSSR count). The van der Waals surface area contributed by atoms with Crippen LogP contribution in [0.5, 0.6) is 17.4 Å². The number of ether oxygens (including phenoxy) is 3. The van der Waals surface area contributed by atoms with Crippen LogP contribution in [-0.4, -0.2) is 48.2 Å². The van der Waals surface area contributed by atoms with Crippen molar-refractivity contribution in [3.63, 3.8) is 0 Å². The average Bonchev–Trinajstić information content (AvgIpc) is 3.39. The van der Waals surface area contributed by atoms with Crippen molar-refractivity contribution < 1.29 is 14.2 Å². The number of aromatic nitrogens is 3. The third-order valence-corrected chi connectivity index (χ3v) is 7.07. The molecular weight excluding hydrogens is 478 g/mol. The Labute approximate surface area is 224 Å². The quantitative estimate of drug-likeness (QED) is 0.327. The fraction of sp³-hybridized carbons (Fsp3) is 0.333. The summed E-state index contributed by atoms with van der Waals surface area (Å²) in [6, 6.07) is 18.5. The summed E-state index contributed by atoms with van der Waals surface area (Å²) in [5, 5.41) is 11.6. The summed E-state index contributed by atoms with van der Waals surface area (Å²) in [6.45, 7) is 5.79. The van der Waals surface area contributed by atoms with Gasteiger partial charge >= 0.3 is 0 Å². The molecule has 0 radical (unpaired) electrons. The zero-order chi connectivity index (χ0) is 26.7. The molecule has 2 atom stereocenters. The minimum absolute atomic E-state index is 0.0524. The minimum Gasteiger partial charge on any atom is -0.497 e. The Morgan fingerprint density at radius 3 is 2.45 bits per heavy atom. The summed E-state index contributed by atoms with van der Waals surface area (Å²) in [7, 11) is 5.26. The zero-order valence-electron chi connectivity index (χ0n) is 22.6. The fourth-order valence-electron chi connectivity index (χ4n) is 4.77. The van der Waals surface area contributed by atoms with Crippen molar-refractivity contribution >= 4 is 5.69 Å². The summed E-state index contributed by atoms with van der Waals surface area (Å²) in [6.07, 6.45) is 5.50. The molecule has 4 aromatic rings. The van der Waals surface area contributed by atoms with Crippen molar-refractivity contribution in [3.05, 3.63) is 84.3 Å². The van der Waals surface area contributed by atoms with E-state index in [1.807, 2.05) is 37.8 Å². The molecule has 0 spiro atoms. The maximum Gasteiger partial charge on any atom is 0.237 e. The molecular formula is C30H35N5O3. The van der Waals surface area contributed by atoms with E-state index in [4.69, 9.17) is 14.2 Å². The van der Waals surface area contributed by atoms with Gasteiger partial charge in [-0.3, -0.25) is 4.68 Å². The van der Waals surface area contributed by atoms with Gasteiger partial charge in [-0.2, -0.15) is 5.10 Å². The van der Waals surface area contributed by atoms with Crippen LogP contribution in [0.15, 0.2) is 73.2 Å². The molecule has 0 saturated heterocycles. The zero-order valence-corrected chi connectivity index (χ0v) is 22.6. The predicted octanol–water partition coefficient (Wildman–Crippen LogP) is 4.98. The first-order valence-electron chi connectivity index (χ1n) is 12.8. The Morgan fingerprint density at radius 2 is 1.79 bits per heavy atom. The molecule has 2 aromatic heterocycles. The van der Waals surface area contributed by atoms with E-state index in [0.29, 0.717) is 19.0 Å². The summed E-state index contributed by atoms with van der Waals surface area (Å²) in [4.78, 5) is 4.65. The number of aryl methyl sites for hydroxylation is 1. The Morgan fingerprint density at radius 1 is 1.05 bits per heavy atom. The van der Waals surface area contributed by atoms with Gasteiger partial charge in [-0.05, 0) is 29.3 Å². The van der Waals surface area contributed by atoms with Crippen molar-refractivity contribution in [1.29, 1.82) is 0 Å². The third-order valence-electron chi connectivity index (χ3n) is 7.07. The van der Waals surface area contributed by atoms with Gasteiger partial charge in [-0.1, -0.05) is 44.2 Å². The van der Waals surface area contributed by atoms with Gasteiger partial charge in [-0.15, -0.1) is 0 Å². The topological polar surface area (TPSA) is 82.5 Å². The van der Waals surface area contributed by atoms with E-state index in [2.05, 4.69) is 77.0 Å². The van der Waals surface area contributed by atoms with Gasteiger partial charge in [0, 0.05) is 48.6 Å². The van der Waals surface area contributed by atoms with Crippen molar-refractivity contribution in [2.45, 2.75) is 31.4 Å². The molecule has 8 heteroatoms. The normalized spacial score (nSPS) is 15.7. The van der Waals surface area contributed by atoms with E-state index in [-0.39, 0.29) is 17.6 Å². The second kappa shape index (κ2) is 10.8. The lowest BCUT2D eigenvalue weighted by atomic mass is 9.83. The summed E-state index contributed by atoms with van der Waals surface area (Å²) in [5.41, 5.74) is 5.00. The molecule has 198 valence electrons. The highest BCUT2D eigenvalue weighted by atomic mass is 16.5. The summed E-state index contributed by atoms with van der Waals surface area (Å²) < 4.78 is 19.3. The highest BCUT2D eigenvalue weighted by Gasteiger charge is 2.32. The molecule has 0 unspecified atom stereocenters. The first kappa shape index (κ1) is 25.6. The second-order valence-electron chi connectivity index (χ2n) is 10.3. The van der Waals surface area contributed by atoms with Crippen molar-refractivity contribution in [2.75, 3.05) is 32.6 Å². The Hall–Kier alpha value is -4.04. The summed E-state index contributed by atoms with van der Waals surface area (Å²) in [5.74, 6) is 2.16. The van der Waals surface area contributed by atoms with E-state index in [0.717, 1.165) is 39.4 Å². The fourth-order valence-corrected chi connectivity index (χ4v) is 4.77. The maximum atomic E-state index is 6.49. The van der Waals surface area contributed by atoms with Crippen LogP contribution < -0.4 is 24.8 Å². The first-order chi connectivity index (χ1) is 18.4. The Kier molecular flexibility index (Phi) is 7.24. The van der Waals surface area contributed by atoms with Gasteiger partial charge in [0.1, 0.15) is 17.6 Å². The van der Waals surface area contributed by atoms with Crippen LogP contribution in [-0.2, 0) is 12.5 Å². The number of pyridine rings is 1. The molecule has 0 amide bonds. The molecule has 0 saturated carbocycles. The number of fused-ring (bicyclic) bond motifs is 1. The smallest absolute Gasteiger partial charge is 0.237 e. The van der Waals surface area contributed by atoms with E-state index < -0.39 is 0 Å². The third kappa shape index (κ3) is 5.45. The van der Waals surface area contributed by atoms with Crippen LogP contribution in [0, 0.1) is 0 Å². The highest BCUT2D eigenvalue weighted by Crippen LogP contribution is 2.35. The number of anilines is 1. The monoisotopic (exact) mass is 513 g/mol. The Balaban J connectivity index is 1.37. The van der Waals surface area contributed by atoms with Gasteiger partial charge in [0.2, 0.25) is 5.88 Å². The number of methoxy groups -OCH3 is 2. The van der Waals surface area contributed by atoms with Crippen LogP contribution in [0.2, 0.25) is 0 Å². The standard InChI is InChI=1S/C30H35N5O3/c1-30(2,23-12-24(36-4)14-25(13-23)37-5)19-33-28(20-9-7-6-8-10-20)27-17-31-26-11-21(15-32-29(26)38-27)22-16-34-35(3)18-22/h6-16,18,27-28,31,33H,17,19H2,1-5H3/t27-,28+/m0/s1. The predicted molar refractivity (Wildman–Crippen MR) is 149 cm³/mol. The van der Waals surface area contributed by atoms with Crippen LogP contribution >= 0.6 is 0 Å². The van der Waals surface area contributed by atoms with Gasteiger partial charge < -0.3 is 24.8 Å². The molecule has 0 fully saturated rings. The van der Waals surface area contributed by atoms with Crippen molar-refractivity contribution in [2.24, 2.45) is 7.05 Å². The lowest BCUT2D eigenvalue weighted by Gasteiger charge is -2.36. The number of nitrogens with one attached hydrogen (secondary N) is 2. The SMILES string of the molecule is COc1cc(OC)cc(C(C)(C)CN[C@H](c2ccccc2)[C@@H]2CNc3cc(-c4cnn(C)c4)cnc3O2)c1. The lowest BCUT2D eigenvalue weighted by molar-refractivity contribution is 0.147. The van der Waals surface area contributed by atoms with E-state index in [1.165, 1.54) is 0 Å². The van der Waals surface area contributed by atoms with Gasteiger partial charge in [0.25, 0.3) is 0 Å². The molecule has 0 bridgehead atoms. The van der Waals surface area contributed by atoms with Gasteiger partial charge in [0.15, 0.2) is 0 Å². The lowest BCUT2D eigenvalue weighted by Crippen LogP contribution is -2.46. The van der Waals surface area contributed by atoms with Crippen molar-refractivity contribution in [1.82, 2.24) is 20.1 Å². The number of rotatable bonds is 9. The minimum atomic E-state index is -0.203. The highest BCUT2D eigenvalue weighted by molar-refractivity contribution is 5.69. The molecule has 2 aromatic carbocycles. The number of hydrogen-bond acceptors (Lipinski definition) is 7. The van der Waals surface area contributed by atoms with Crippen molar-refractivity contribution in [3.8, 4) is 28.5 Å². The van der Waals surface area contributed by atoms with E-state index >= 15 is 0 Å². The van der Waals surface area contributed by atoms with Gasteiger partial charge in [0.05, 0.1) is 38.7 Å². The Bertz CT molecular complexity index is 1360. The molecule has 0 aliphatic carbocycles. The van der Waals surface area contributed by atoms with Crippen LogP contribution in [0.1, 0.15) is 31.0 Å². The molecule has 38 heavy (non-hydrogen) atoms. The van der Waals surface area contributed by atoms with Crippen LogP contribution in [0.4, 0.5) is 5.69 Å². The number of nitrogens with zero attached hydrogens (tertiary/aromatic N) is 3. The molecule has 1 aliphatic rings. The average molecular weight is 514 g/mol. The molecule has 2 N–H and O–H groups in total. The maximum absolute atomic E-state index is 6.49. The van der Waals surface area contributed by atoms with E-state index in [1.54, 1.807) is 18.9 Å². The van der Waals surface area contributed by atoms with Crippen LogP contribution in [0.3, 0.4) is 0 Å². The van der Waals surface area contributed by atoms with Crippen LogP contribution in [0.25, 0.3) is 11.1 Å². The largest absolute Gasteiger partial charge is 0.497 e. The molecule has 8 nitrogen and oxygen atoms in total. The number of hydrogen-bond donors (Lipinski definition) is 2. The van der Waals surface area contributed by atoms with Gasteiger partial charge in [-0.25, -0.2) is 4.98 Å². The molecule has 3 heterocycles. The first-order valence-corrected chi connectivity index (χ1v) is 12.8. The number of benzene rings is 2. The summed E-state index contributed by atoms with van der Waals surface area (Å²) >= 11 is 0. The van der Waals surface area contributed by atoms with E-state index in [9.17, 15) is 0 Å².